The minimum atomic E-state index is -1.27. The van der Waals surface area contributed by atoms with Gasteiger partial charge in [0.25, 0.3) is 0 Å². The number of ether oxygens (including phenoxy) is 1. The first-order chi connectivity index (χ1) is 4.70. The van der Waals surface area contributed by atoms with E-state index in [0.717, 1.165) is 0 Å². The third kappa shape index (κ3) is 4.61. The summed E-state index contributed by atoms with van der Waals surface area (Å²) in [7, 11) is 0. The third-order valence-electron chi connectivity index (χ3n) is 0.725. The first-order valence-electron chi connectivity index (χ1n) is 3.09. The quantitative estimate of drug-likeness (QED) is 0.461. The highest BCUT2D eigenvalue weighted by molar-refractivity contribution is 8.12. The Morgan fingerprint density at radius 3 is 2.70 bits per heavy atom. The highest BCUT2D eigenvalue weighted by Gasteiger charge is 2.01. The molecule has 0 bridgehead atoms. The summed E-state index contributed by atoms with van der Waals surface area (Å²) in [5.41, 5.74) is 0. The van der Waals surface area contributed by atoms with Gasteiger partial charge in [-0.05, 0) is 13.2 Å². The molecule has 0 aromatic heterocycles. The molecule has 0 saturated carbocycles. The molecule has 0 amide bonds. The van der Waals surface area contributed by atoms with Crippen molar-refractivity contribution >= 4 is 17.0 Å². The Kier molecular flexibility index (Phi) is 5.39. The van der Waals surface area contributed by atoms with Crippen LogP contribution in [0.25, 0.3) is 0 Å². The van der Waals surface area contributed by atoms with Gasteiger partial charge in [0.1, 0.15) is 0 Å². The van der Waals surface area contributed by atoms with Crippen LogP contribution in [0.15, 0.2) is 4.99 Å². The standard InChI is InChI=1S/C6H12FNOS/c1-4-8-6(10-3)9-5(2)7/h5H,4H2,1-3H3/b8-6+. The molecule has 10 heavy (non-hydrogen) atoms. The molecule has 0 aromatic rings. The van der Waals surface area contributed by atoms with Crippen LogP contribution in [0.4, 0.5) is 4.39 Å². The average Bonchev–Trinajstić information content (AvgIpc) is 1.86. The summed E-state index contributed by atoms with van der Waals surface area (Å²) in [6.45, 7) is 3.84. The van der Waals surface area contributed by atoms with Crippen molar-refractivity contribution in [3.8, 4) is 0 Å². The Balaban J connectivity index is 3.71. The van der Waals surface area contributed by atoms with Gasteiger partial charge in [-0.2, -0.15) is 0 Å². The molecule has 0 aromatic carbocycles. The molecule has 1 unspecified atom stereocenters. The fourth-order valence-electron chi connectivity index (χ4n) is 0.418. The Bertz CT molecular complexity index is 116. The van der Waals surface area contributed by atoms with Crippen LogP contribution < -0.4 is 0 Å². The van der Waals surface area contributed by atoms with Crippen LogP contribution in [0.5, 0.6) is 0 Å². The van der Waals surface area contributed by atoms with E-state index in [9.17, 15) is 4.39 Å². The Hall–Kier alpha value is -0.250. The van der Waals surface area contributed by atoms with Crippen LogP contribution in [-0.4, -0.2) is 24.4 Å². The predicted molar refractivity (Wildman–Crippen MR) is 43.1 cm³/mol. The molecule has 0 aliphatic carbocycles. The van der Waals surface area contributed by atoms with Crippen LogP contribution in [0.1, 0.15) is 13.8 Å². The third-order valence-corrected chi connectivity index (χ3v) is 1.30. The SMILES string of the molecule is CC/N=C(\OC(C)F)SC. The van der Waals surface area contributed by atoms with Gasteiger partial charge in [0, 0.05) is 13.5 Å². The van der Waals surface area contributed by atoms with Crippen LogP contribution in [0.2, 0.25) is 0 Å². The second-order valence-electron chi connectivity index (χ2n) is 1.61. The summed E-state index contributed by atoms with van der Waals surface area (Å²) < 4.78 is 16.8. The largest absolute Gasteiger partial charge is 0.439 e. The maximum absolute atomic E-state index is 12.1. The number of rotatable bonds is 2. The van der Waals surface area contributed by atoms with Crippen LogP contribution in [0, 0.1) is 0 Å². The van der Waals surface area contributed by atoms with E-state index < -0.39 is 6.36 Å². The summed E-state index contributed by atoms with van der Waals surface area (Å²) in [4.78, 5) is 3.90. The molecule has 0 saturated heterocycles. The first-order valence-corrected chi connectivity index (χ1v) is 4.32. The number of alkyl halides is 1. The highest BCUT2D eigenvalue weighted by atomic mass is 32.2. The molecule has 0 rings (SSSR count). The topological polar surface area (TPSA) is 21.6 Å². The summed E-state index contributed by atoms with van der Waals surface area (Å²) in [6.07, 6.45) is 0.536. The second-order valence-corrected chi connectivity index (χ2v) is 2.36. The molecule has 0 aliphatic heterocycles. The number of hydrogen-bond donors (Lipinski definition) is 0. The molecule has 0 fully saturated rings. The van der Waals surface area contributed by atoms with E-state index in [4.69, 9.17) is 0 Å². The lowest BCUT2D eigenvalue weighted by Gasteiger charge is -2.05. The van der Waals surface area contributed by atoms with Gasteiger partial charge in [-0.1, -0.05) is 11.8 Å². The van der Waals surface area contributed by atoms with Crippen molar-refractivity contribution in [2.24, 2.45) is 4.99 Å². The molecule has 60 valence electrons. The minimum Gasteiger partial charge on any atom is -0.439 e. The molecule has 1 atom stereocenters. The van der Waals surface area contributed by atoms with E-state index in [1.165, 1.54) is 18.7 Å². The monoisotopic (exact) mass is 165 g/mol. The van der Waals surface area contributed by atoms with E-state index in [-0.39, 0.29) is 0 Å². The lowest BCUT2D eigenvalue weighted by atomic mass is 10.8. The van der Waals surface area contributed by atoms with Gasteiger partial charge < -0.3 is 4.74 Å². The zero-order valence-corrected chi connectivity index (χ0v) is 7.24. The maximum Gasteiger partial charge on any atom is 0.248 e. The maximum atomic E-state index is 12.1. The van der Waals surface area contributed by atoms with Crippen molar-refractivity contribution in [1.29, 1.82) is 0 Å². The Morgan fingerprint density at radius 2 is 2.40 bits per heavy atom. The fraction of sp³-hybridized carbons (Fsp3) is 0.833. The molecule has 0 spiro atoms. The molecular weight excluding hydrogens is 153 g/mol. The van der Waals surface area contributed by atoms with Crippen molar-refractivity contribution in [2.75, 3.05) is 12.8 Å². The van der Waals surface area contributed by atoms with Crippen LogP contribution in [-0.2, 0) is 4.74 Å². The summed E-state index contributed by atoms with van der Waals surface area (Å²) in [5, 5.41) is 0.414. The summed E-state index contributed by atoms with van der Waals surface area (Å²) in [6, 6.07) is 0. The number of halogens is 1. The van der Waals surface area contributed by atoms with Gasteiger partial charge in [-0.3, -0.25) is 0 Å². The smallest absolute Gasteiger partial charge is 0.248 e. The minimum absolute atomic E-state index is 0.414. The highest BCUT2D eigenvalue weighted by Crippen LogP contribution is 2.04. The molecule has 0 N–H and O–H groups in total. The summed E-state index contributed by atoms with van der Waals surface area (Å²) in [5.74, 6) is 0. The van der Waals surface area contributed by atoms with Crippen molar-refractivity contribution < 1.29 is 9.13 Å². The zero-order valence-electron chi connectivity index (χ0n) is 6.43. The number of hydrogen-bond acceptors (Lipinski definition) is 3. The zero-order chi connectivity index (χ0) is 7.98. The summed E-state index contributed by atoms with van der Waals surface area (Å²) >= 11 is 1.31. The van der Waals surface area contributed by atoms with Gasteiger partial charge in [0.05, 0.1) is 0 Å². The van der Waals surface area contributed by atoms with E-state index >= 15 is 0 Å². The lowest BCUT2D eigenvalue weighted by molar-refractivity contribution is 0.0786. The first kappa shape index (κ1) is 9.75. The average molecular weight is 165 g/mol. The number of thioether (sulfide) groups is 1. The van der Waals surface area contributed by atoms with Crippen molar-refractivity contribution in [2.45, 2.75) is 20.2 Å². The predicted octanol–water partition coefficient (Wildman–Crippen LogP) is 2.06. The number of aliphatic imine (C=N–C) groups is 1. The normalized spacial score (nSPS) is 15.0. The van der Waals surface area contributed by atoms with Gasteiger partial charge in [-0.25, -0.2) is 9.38 Å². The molecule has 0 radical (unpaired) electrons. The lowest BCUT2D eigenvalue weighted by Crippen LogP contribution is -2.06. The van der Waals surface area contributed by atoms with Crippen molar-refractivity contribution in [3.05, 3.63) is 0 Å². The molecule has 4 heteroatoms. The van der Waals surface area contributed by atoms with Gasteiger partial charge >= 0.3 is 0 Å². The fourth-order valence-corrected chi connectivity index (χ4v) is 0.905. The Labute approximate surface area is 64.9 Å². The van der Waals surface area contributed by atoms with E-state index in [1.54, 1.807) is 6.26 Å². The van der Waals surface area contributed by atoms with Gasteiger partial charge in [-0.15, -0.1) is 0 Å². The van der Waals surface area contributed by atoms with Crippen molar-refractivity contribution in [1.82, 2.24) is 0 Å². The molecule has 0 aliphatic rings. The molecular formula is C6H12FNOS. The van der Waals surface area contributed by atoms with Gasteiger partial charge in [0.15, 0.2) is 0 Å². The molecule has 0 heterocycles. The second kappa shape index (κ2) is 5.53. The van der Waals surface area contributed by atoms with Crippen LogP contribution in [0.3, 0.4) is 0 Å². The van der Waals surface area contributed by atoms with E-state index in [1.807, 2.05) is 6.92 Å². The Morgan fingerprint density at radius 1 is 1.80 bits per heavy atom. The molecule has 2 nitrogen and oxygen atoms in total. The van der Waals surface area contributed by atoms with Crippen LogP contribution >= 0.6 is 11.8 Å². The van der Waals surface area contributed by atoms with E-state index in [0.29, 0.717) is 11.8 Å². The van der Waals surface area contributed by atoms with Gasteiger partial charge in [0.2, 0.25) is 11.6 Å². The van der Waals surface area contributed by atoms with Crippen molar-refractivity contribution in [3.63, 3.8) is 0 Å². The number of nitrogens with zero attached hydrogens (tertiary/aromatic N) is 1. The van der Waals surface area contributed by atoms with E-state index in [2.05, 4.69) is 9.73 Å².